The van der Waals surface area contributed by atoms with E-state index in [2.05, 4.69) is 15.6 Å². The Hall–Kier alpha value is -3.25. The smallest absolute Gasteiger partial charge is 0.257 e. The van der Waals surface area contributed by atoms with E-state index in [0.717, 1.165) is 11.3 Å². The number of aromatic nitrogens is 1. The van der Waals surface area contributed by atoms with E-state index in [1.807, 2.05) is 25.1 Å². The van der Waals surface area contributed by atoms with Crippen molar-refractivity contribution < 1.29 is 14.3 Å². The second-order valence-corrected chi connectivity index (χ2v) is 6.48. The number of benzene rings is 2. The Morgan fingerprint density at radius 3 is 2.54 bits per heavy atom. The number of methoxy groups -OCH3 is 2. The average molecular weight is 398 g/mol. The van der Waals surface area contributed by atoms with E-state index in [9.17, 15) is 4.79 Å². The third-order valence-electron chi connectivity index (χ3n) is 4.12. The molecule has 1 amide bonds. The minimum absolute atomic E-state index is 0.304. The van der Waals surface area contributed by atoms with Crippen LogP contribution in [-0.2, 0) is 0 Å². The molecule has 2 aromatic carbocycles. The Morgan fingerprint density at radius 1 is 1.00 bits per heavy atom. The quantitative estimate of drug-likeness (QED) is 0.608. The Bertz CT molecular complexity index is 1010. The number of nitrogens with zero attached hydrogens (tertiary/aromatic N) is 1. The highest BCUT2D eigenvalue weighted by Gasteiger charge is 2.12. The molecule has 7 heteroatoms. The SMILES string of the molecule is COc1ccc(NC(=O)c2cncc(Nc3ccc(C)c(Cl)c3)c2)c(OC)c1. The van der Waals surface area contributed by atoms with Crippen LogP contribution in [0.4, 0.5) is 17.1 Å². The summed E-state index contributed by atoms with van der Waals surface area (Å²) in [5.74, 6) is 0.838. The molecule has 0 saturated carbocycles. The molecule has 2 N–H and O–H groups in total. The number of aryl methyl sites for hydroxylation is 1. The summed E-state index contributed by atoms with van der Waals surface area (Å²) < 4.78 is 10.5. The van der Waals surface area contributed by atoms with E-state index in [1.165, 1.54) is 13.3 Å². The molecule has 0 fully saturated rings. The van der Waals surface area contributed by atoms with Gasteiger partial charge in [0.1, 0.15) is 11.5 Å². The van der Waals surface area contributed by atoms with Crippen molar-refractivity contribution in [2.24, 2.45) is 0 Å². The Labute approximate surface area is 168 Å². The molecule has 1 aromatic heterocycles. The van der Waals surface area contributed by atoms with E-state index in [1.54, 1.807) is 37.6 Å². The first-order valence-electron chi connectivity index (χ1n) is 8.52. The summed E-state index contributed by atoms with van der Waals surface area (Å²) in [5, 5.41) is 6.69. The summed E-state index contributed by atoms with van der Waals surface area (Å²) >= 11 is 6.16. The number of ether oxygens (including phenoxy) is 2. The van der Waals surface area contributed by atoms with E-state index in [0.29, 0.717) is 33.5 Å². The standard InChI is InChI=1S/C21H20ClN3O3/c1-13-4-5-15(9-18(13)22)24-16-8-14(11-23-12-16)21(26)25-19-7-6-17(27-2)10-20(19)28-3/h4-12,24H,1-3H3,(H,25,26). The summed E-state index contributed by atoms with van der Waals surface area (Å²) in [5.41, 5.74) is 3.42. The van der Waals surface area contributed by atoms with Gasteiger partial charge >= 0.3 is 0 Å². The van der Waals surface area contributed by atoms with Gasteiger partial charge in [0.25, 0.3) is 5.91 Å². The predicted molar refractivity (Wildman–Crippen MR) is 111 cm³/mol. The third-order valence-corrected chi connectivity index (χ3v) is 4.53. The van der Waals surface area contributed by atoms with Gasteiger partial charge in [0.15, 0.2) is 0 Å². The molecule has 1 heterocycles. The molecule has 0 aliphatic heterocycles. The van der Waals surface area contributed by atoms with Crippen LogP contribution < -0.4 is 20.1 Å². The number of nitrogens with one attached hydrogen (secondary N) is 2. The molecule has 28 heavy (non-hydrogen) atoms. The molecule has 0 unspecified atom stereocenters. The number of halogens is 1. The van der Waals surface area contributed by atoms with Crippen molar-refractivity contribution in [1.82, 2.24) is 4.98 Å². The lowest BCUT2D eigenvalue weighted by Crippen LogP contribution is -2.13. The van der Waals surface area contributed by atoms with Gasteiger partial charge in [-0.1, -0.05) is 17.7 Å². The second kappa shape index (κ2) is 8.63. The monoisotopic (exact) mass is 397 g/mol. The molecule has 0 bridgehead atoms. The maximum Gasteiger partial charge on any atom is 0.257 e. The van der Waals surface area contributed by atoms with Crippen LogP contribution in [0, 0.1) is 6.92 Å². The van der Waals surface area contributed by atoms with E-state index < -0.39 is 0 Å². The Morgan fingerprint density at radius 2 is 1.82 bits per heavy atom. The molecule has 0 aliphatic rings. The molecule has 0 atom stereocenters. The van der Waals surface area contributed by atoms with Crippen molar-refractivity contribution in [2.75, 3.05) is 24.9 Å². The summed E-state index contributed by atoms with van der Waals surface area (Å²) in [6, 6.07) is 12.5. The van der Waals surface area contributed by atoms with Crippen molar-refractivity contribution in [3.63, 3.8) is 0 Å². The number of pyridine rings is 1. The zero-order chi connectivity index (χ0) is 20.1. The van der Waals surface area contributed by atoms with Crippen LogP contribution in [0.25, 0.3) is 0 Å². The first-order chi connectivity index (χ1) is 13.5. The maximum absolute atomic E-state index is 12.7. The number of anilines is 3. The number of carbonyl (C=O) groups is 1. The van der Waals surface area contributed by atoms with Crippen LogP contribution in [-0.4, -0.2) is 25.1 Å². The number of rotatable bonds is 6. The molecule has 0 radical (unpaired) electrons. The lowest BCUT2D eigenvalue weighted by molar-refractivity contribution is 0.102. The van der Waals surface area contributed by atoms with Gasteiger partial charge in [0.2, 0.25) is 0 Å². The highest BCUT2D eigenvalue weighted by atomic mass is 35.5. The molecule has 144 valence electrons. The Balaban J connectivity index is 1.78. The summed E-state index contributed by atoms with van der Waals surface area (Å²) in [4.78, 5) is 16.8. The highest BCUT2D eigenvalue weighted by molar-refractivity contribution is 6.31. The minimum atomic E-state index is -0.304. The zero-order valence-electron chi connectivity index (χ0n) is 15.7. The first-order valence-corrected chi connectivity index (χ1v) is 8.89. The number of carbonyl (C=O) groups excluding carboxylic acids is 1. The minimum Gasteiger partial charge on any atom is -0.497 e. The maximum atomic E-state index is 12.7. The van der Waals surface area contributed by atoms with Gasteiger partial charge in [-0.3, -0.25) is 9.78 Å². The van der Waals surface area contributed by atoms with Gasteiger partial charge in [-0.15, -0.1) is 0 Å². The second-order valence-electron chi connectivity index (χ2n) is 6.07. The van der Waals surface area contributed by atoms with Gasteiger partial charge in [-0.2, -0.15) is 0 Å². The molecule has 0 aliphatic carbocycles. The van der Waals surface area contributed by atoms with Gasteiger partial charge < -0.3 is 20.1 Å². The van der Waals surface area contributed by atoms with Crippen LogP contribution in [0.2, 0.25) is 5.02 Å². The predicted octanol–water partition coefficient (Wildman–Crippen LogP) is 5.06. The summed E-state index contributed by atoms with van der Waals surface area (Å²) in [7, 11) is 3.10. The van der Waals surface area contributed by atoms with Crippen molar-refractivity contribution in [1.29, 1.82) is 0 Å². The fourth-order valence-corrected chi connectivity index (χ4v) is 2.75. The van der Waals surface area contributed by atoms with Crippen LogP contribution in [0.15, 0.2) is 54.9 Å². The van der Waals surface area contributed by atoms with Gasteiger partial charge in [0, 0.05) is 23.0 Å². The molecule has 0 saturated heterocycles. The summed E-state index contributed by atoms with van der Waals surface area (Å²) in [6.07, 6.45) is 3.14. The van der Waals surface area contributed by atoms with E-state index in [-0.39, 0.29) is 5.91 Å². The van der Waals surface area contributed by atoms with Crippen LogP contribution in [0.1, 0.15) is 15.9 Å². The number of amides is 1. The normalized spacial score (nSPS) is 10.3. The fourth-order valence-electron chi connectivity index (χ4n) is 2.57. The van der Waals surface area contributed by atoms with E-state index >= 15 is 0 Å². The average Bonchev–Trinajstić information content (AvgIpc) is 2.71. The van der Waals surface area contributed by atoms with Crippen LogP contribution in [0.5, 0.6) is 11.5 Å². The molecular formula is C21H20ClN3O3. The van der Waals surface area contributed by atoms with Gasteiger partial charge in [0.05, 0.1) is 37.4 Å². The summed E-state index contributed by atoms with van der Waals surface area (Å²) in [6.45, 7) is 1.94. The lowest BCUT2D eigenvalue weighted by atomic mass is 10.2. The van der Waals surface area contributed by atoms with Gasteiger partial charge in [-0.05, 0) is 42.8 Å². The number of hydrogen-bond acceptors (Lipinski definition) is 5. The zero-order valence-corrected chi connectivity index (χ0v) is 16.5. The highest BCUT2D eigenvalue weighted by Crippen LogP contribution is 2.29. The largest absolute Gasteiger partial charge is 0.497 e. The molecule has 3 aromatic rings. The van der Waals surface area contributed by atoms with Crippen molar-refractivity contribution in [3.05, 3.63) is 71.0 Å². The van der Waals surface area contributed by atoms with Crippen molar-refractivity contribution in [3.8, 4) is 11.5 Å². The third kappa shape index (κ3) is 4.53. The number of hydrogen-bond donors (Lipinski definition) is 2. The van der Waals surface area contributed by atoms with Gasteiger partial charge in [-0.25, -0.2) is 0 Å². The topological polar surface area (TPSA) is 72.5 Å². The van der Waals surface area contributed by atoms with E-state index in [4.69, 9.17) is 21.1 Å². The van der Waals surface area contributed by atoms with Crippen molar-refractivity contribution >= 4 is 34.6 Å². The molecule has 6 nitrogen and oxygen atoms in total. The van der Waals surface area contributed by atoms with Crippen molar-refractivity contribution in [2.45, 2.75) is 6.92 Å². The first kappa shape index (κ1) is 19.5. The molecular weight excluding hydrogens is 378 g/mol. The molecule has 0 spiro atoms. The lowest BCUT2D eigenvalue weighted by Gasteiger charge is -2.12. The Kier molecular flexibility index (Phi) is 6.01. The van der Waals surface area contributed by atoms with Crippen LogP contribution in [0.3, 0.4) is 0 Å². The fraction of sp³-hybridized carbons (Fsp3) is 0.143. The molecule has 3 rings (SSSR count). The van der Waals surface area contributed by atoms with Crippen LogP contribution >= 0.6 is 11.6 Å².